The summed E-state index contributed by atoms with van der Waals surface area (Å²) in [6, 6.07) is 7.50. The fraction of sp³-hybridized carbons (Fsp3) is 0. The van der Waals surface area contributed by atoms with Crippen molar-refractivity contribution in [1.29, 1.82) is 0 Å². The van der Waals surface area contributed by atoms with Gasteiger partial charge in [0.25, 0.3) is 0 Å². The van der Waals surface area contributed by atoms with Crippen molar-refractivity contribution in [2.24, 2.45) is 0 Å². The van der Waals surface area contributed by atoms with E-state index in [9.17, 15) is 4.79 Å². The van der Waals surface area contributed by atoms with E-state index in [1.165, 1.54) is 0 Å². The van der Waals surface area contributed by atoms with E-state index in [2.05, 4.69) is 0 Å². The van der Waals surface area contributed by atoms with Gasteiger partial charge in [0.05, 0.1) is 0 Å². The lowest BCUT2D eigenvalue weighted by Gasteiger charge is -1.83. The molecule has 0 bridgehead atoms. The van der Waals surface area contributed by atoms with Crippen molar-refractivity contribution in [3.05, 3.63) is 45.3 Å². The Morgan fingerprint density at radius 1 is 1.00 bits per heavy atom. The summed E-state index contributed by atoms with van der Waals surface area (Å²) in [7, 11) is 0. The summed E-state index contributed by atoms with van der Waals surface area (Å²) in [6.07, 6.45) is 0. The minimum absolute atomic E-state index is 0.0376. The van der Waals surface area contributed by atoms with Crippen molar-refractivity contribution in [2.45, 2.75) is 0 Å². The predicted molar refractivity (Wildman–Crippen MR) is 40.2 cm³/mol. The summed E-state index contributed by atoms with van der Waals surface area (Å²) in [5, 5.41) is 1.73. The van der Waals surface area contributed by atoms with E-state index in [0.29, 0.717) is 5.42 Å². The zero-order valence-corrected chi connectivity index (χ0v) is 5.63. The lowest BCUT2D eigenvalue weighted by molar-refractivity contribution is 0.640. The Morgan fingerprint density at radius 3 is 2.45 bits per heavy atom. The number of rotatable bonds is 0. The molecule has 2 aliphatic rings. The third-order valence-electron chi connectivity index (χ3n) is 1.99. The molecule has 0 saturated heterocycles. The summed E-state index contributed by atoms with van der Waals surface area (Å²) in [5.41, 5.74) is 1.37. The van der Waals surface area contributed by atoms with Crippen LogP contribution in [0.2, 0.25) is 0 Å². The molecule has 2 heteroatoms. The first kappa shape index (κ1) is 5.13. The molecule has 1 heterocycles. The van der Waals surface area contributed by atoms with Gasteiger partial charge in [0.2, 0.25) is 10.8 Å². The van der Waals surface area contributed by atoms with Crippen molar-refractivity contribution in [1.82, 2.24) is 0 Å². The molecule has 0 N–H and O–H groups in total. The first-order chi connectivity index (χ1) is 5.38. The minimum Gasteiger partial charge on any atom is -0.444 e. The highest BCUT2D eigenvalue weighted by molar-refractivity contribution is 5.84. The van der Waals surface area contributed by atoms with Gasteiger partial charge < -0.3 is 4.42 Å². The van der Waals surface area contributed by atoms with Crippen molar-refractivity contribution >= 4 is 10.8 Å². The van der Waals surface area contributed by atoms with E-state index in [4.69, 9.17) is 4.42 Å². The van der Waals surface area contributed by atoms with Crippen LogP contribution in [0.3, 0.4) is 0 Å². The Labute approximate surface area is 61.4 Å². The van der Waals surface area contributed by atoms with E-state index >= 15 is 0 Å². The highest BCUT2D eigenvalue weighted by Gasteiger charge is 2.15. The molecule has 0 unspecified atom stereocenters. The predicted octanol–water partition coefficient (Wildman–Crippen LogP) is 1.39. The van der Waals surface area contributed by atoms with Gasteiger partial charge in [0, 0.05) is 10.8 Å². The molecule has 0 saturated carbocycles. The van der Waals surface area contributed by atoms with Gasteiger partial charge in [-0.05, 0) is 0 Å². The van der Waals surface area contributed by atoms with Crippen LogP contribution in [0.15, 0.2) is 33.5 Å². The SMILES string of the molecule is O=c1c2oc=2c2ccccc12. The van der Waals surface area contributed by atoms with E-state index in [1.54, 1.807) is 0 Å². The average Bonchev–Trinajstić information content (AvgIpc) is 2.78. The van der Waals surface area contributed by atoms with Gasteiger partial charge in [0.1, 0.15) is 0 Å². The van der Waals surface area contributed by atoms with Crippen LogP contribution in [-0.4, -0.2) is 0 Å². The van der Waals surface area contributed by atoms with Crippen LogP contribution in [0, 0.1) is 10.8 Å². The van der Waals surface area contributed by atoms with Gasteiger partial charge in [-0.1, -0.05) is 24.3 Å². The molecule has 52 valence electrons. The van der Waals surface area contributed by atoms with E-state index in [1.807, 2.05) is 24.3 Å². The number of benzene rings is 1. The zero-order chi connectivity index (χ0) is 7.42. The molecule has 0 atom stereocenters. The fourth-order valence-corrected chi connectivity index (χ4v) is 1.40. The fourth-order valence-electron chi connectivity index (χ4n) is 1.40. The second-order valence-electron chi connectivity index (χ2n) is 2.64. The molecule has 2 nitrogen and oxygen atoms in total. The van der Waals surface area contributed by atoms with E-state index in [0.717, 1.165) is 16.2 Å². The first-order valence-corrected chi connectivity index (χ1v) is 3.44. The Hall–Kier alpha value is -1.57. The van der Waals surface area contributed by atoms with Crippen molar-refractivity contribution < 1.29 is 4.42 Å². The molecule has 0 fully saturated rings. The molecule has 1 aromatic carbocycles. The third-order valence-corrected chi connectivity index (χ3v) is 1.99. The molecule has 1 aromatic rings. The van der Waals surface area contributed by atoms with Gasteiger partial charge in [-0.3, -0.25) is 4.79 Å². The second-order valence-corrected chi connectivity index (χ2v) is 2.64. The molecule has 0 radical (unpaired) electrons. The van der Waals surface area contributed by atoms with E-state index in [-0.39, 0.29) is 5.43 Å². The normalized spacial score (nSPS) is 12.0. The summed E-state index contributed by atoms with van der Waals surface area (Å²) in [6.45, 7) is 0. The summed E-state index contributed by atoms with van der Waals surface area (Å²) < 4.78 is 4.98. The van der Waals surface area contributed by atoms with Crippen LogP contribution in [0.5, 0.6) is 0 Å². The minimum atomic E-state index is 0.0376. The molecule has 0 aromatic heterocycles. The van der Waals surface area contributed by atoms with Crippen LogP contribution in [0.4, 0.5) is 0 Å². The Balaban J connectivity index is 2.83. The van der Waals surface area contributed by atoms with Gasteiger partial charge in [-0.15, -0.1) is 0 Å². The second kappa shape index (κ2) is 1.37. The summed E-state index contributed by atoms with van der Waals surface area (Å²) >= 11 is 0. The number of fused-ring (bicyclic) bond motifs is 2. The number of hydrogen-bond donors (Lipinski definition) is 0. The van der Waals surface area contributed by atoms with Crippen molar-refractivity contribution in [2.75, 3.05) is 0 Å². The molecule has 0 spiro atoms. The highest BCUT2D eigenvalue weighted by atomic mass is 16.4. The highest BCUT2D eigenvalue weighted by Crippen LogP contribution is 2.18. The van der Waals surface area contributed by atoms with Crippen molar-refractivity contribution in [3.63, 3.8) is 0 Å². The Bertz CT molecular complexity index is 593. The lowest BCUT2D eigenvalue weighted by atomic mass is 10.2. The van der Waals surface area contributed by atoms with Crippen LogP contribution < -0.4 is 5.43 Å². The quantitative estimate of drug-likeness (QED) is 0.477. The van der Waals surface area contributed by atoms with Gasteiger partial charge in [0.15, 0.2) is 5.42 Å². The largest absolute Gasteiger partial charge is 0.444 e. The summed E-state index contributed by atoms with van der Waals surface area (Å²) in [4.78, 5) is 11.3. The summed E-state index contributed by atoms with van der Waals surface area (Å²) in [5.74, 6) is 0. The molecule has 0 amide bonds. The Morgan fingerprint density at radius 2 is 1.73 bits per heavy atom. The van der Waals surface area contributed by atoms with Gasteiger partial charge in [-0.2, -0.15) is 0 Å². The average molecular weight is 144 g/mol. The maximum absolute atomic E-state index is 11.3. The smallest absolute Gasteiger partial charge is 0.232 e. The molecule has 1 aliphatic heterocycles. The van der Waals surface area contributed by atoms with Crippen molar-refractivity contribution in [3.8, 4) is 0 Å². The van der Waals surface area contributed by atoms with Crippen LogP contribution in [0.25, 0.3) is 10.8 Å². The lowest BCUT2D eigenvalue weighted by Crippen LogP contribution is -1.92. The molecule has 1 aliphatic carbocycles. The zero-order valence-electron chi connectivity index (χ0n) is 5.63. The van der Waals surface area contributed by atoms with Crippen LogP contribution in [-0.2, 0) is 0 Å². The molecular formula is C9H4O2. The van der Waals surface area contributed by atoms with Gasteiger partial charge in [-0.25, -0.2) is 0 Å². The van der Waals surface area contributed by atoms with Gasteiger partial charge >= 0.3 is 0 Å². The van der Waals surface area contributed by atoms with Crippen LogP contribution in [0.1, 0.15) is 0 Å². The Kier molecular flexibility index (Phi) is 0.639. The third kappa shape index (κ3) is 0.463. The number of hydrogen-bond acceptors (Lipinski definition) is 2. The molecule has 3 rings (SSSR count). The topological polar surface area (TPSA) is 30.2 Å². The maximum atomic E-state index is 11.3. The molecular weight excluding hydrogens is 140 g/mol. The first-order valence-electron chi connectivity index (χ1n) is 3.44. The van der Waals surface area contributed by atoms with Crippen LogP contribution >= 0.6 is 0 Å². The monoisotopic (exact) mass is 144 g/mol. The maximum Gasteiger partial charge on any atom is 0.232 e. The standard InChI is InChI=1S/C9H4O2/c10-7-5-3-1-2-4-6(5)8-9(7)11-8/h1-4H. The van der Waals surface area contributed by atoms with E-state index < -0.39 is 0 Å². The molecule has 11 heavy (non-hydrogen) atoms.